The minimum Gasteiger partial charge on any atom is -0.319 e. The van der Waals surface area contributed by atoms with Gasteiger partial charge in [-0.25, -0.2) is 76.4 Å². The molecule has 0 fully saturated rings. The first-order valence-electron chi connectivity index (χ1n) is 21.0. The van der Waals surface area contributed by atoms with Gasteiger partial charge in [0.25, 0.3) is 0 Å². The fourth-order valence-electron chi connectivity index (χ4n) is 1.64. The van der Waals surface area contributed by atoms with E-state index >= 15 is 0 Å². The van der Waals surface area contributed by atoms with Crippen LogP contribution in [0.5, 0.6) is 0 Å². The molecular weight excluding hydrogens is 1510 g/mol. The van der Waals surface area contributed by atoms with E-state index in [2.05, 4.69) is 37.9 Å². The van der Waals surface area contributed by atoms with Crippen LogP contribution >= 0.6 is 0 Å². The molecule has 0 rings (SSSR count). The molecule has 0 amide bonds. The second-order valence-electron chi connectivity index (χ2n) is 10.5. The number of hydrogen-bond donors (Lipinski definition) is 0. The number of alkyl halides is 48. The van der Waals surface area contributed by atoms with Crippen molar-refractivity contribution in [2.75, 3.05) is 166 Å². The molecule has 0 aromatic heterocycles. The molecule has 0 bridgehead atoms. The Labute approximate surface area is 509 Å². The fourth-order valence-corrected chi connectivity index (χ4v) is 1.64. The van der Waals surface area contributed by atoms with Crippen LogP contribution in [0.3, 0.4) is 0 Å². The van der Waals surface area contributed by atoms with Crippen molar-refractivity contribution in [1.82, 2.24) is 0 Å². The van der Waals surface area contributed by atoms with Crippen molar-refractivity contribution in [2.24, 2.45) is 0 Å². The minimum absolute atomic E-state index is 0.250. The van der Waals surface area contributed by atoms with Crippen LogP contribution in [0.25, 0.3) is 0 Å². The van der Waals surface area contributed by atoms with Gasteiger partial charge in [-0.3, -0.25) is 57.4 Å². The van der Waals surface area contributed by atoms with Gasteiger partial charge in [0.2, 0.25) is 0 Å². The van der Waals surface area contributed by atoms with Gasteiger partial charge in [-0.15, -0.1) is 0 Å². The molecule has 0 aromatic rings. The van der Waals surface area contributed by atoms with Crippen LogP contribution in [0.4, 0.5) is 211 Å². The van der Waals surface area contributed by atoms with Crippen molar-refractivity contribution in [1.29, 1.82) is 0 Å². The highest BCUT2D eigenvalue weighted by Gasteiger charge is 2.69. The van der Waals surface area contributed by atoms with Gasteiger partial charge in [0.1, 0.15) is 0 Å². The molecule has 95 heavy (non-hydrogen) atoms. The summed E-state index contributed by atoms with van der Waals surface area (Å²) in [5, 5.41) is 0. The summed E-state index contributed by atoms with van der Waals surface area (Å²) in [5.41, 5.74) is 0. The average Bonchev–Trinajstić information content (AvgIpc) is 0.852. The van der Waals surface area contributed by atoms with Crippen LogP contribution in [0, 0.1) is 0 Å². The number of rotatable bonds is 26. The van der Waals surface area contributed by atoms with Gasteiger partial charge in [0.15, 0.2) is 81.0 Å². The van der Waals surface area contributed by atoms with E-state index < -0.39 is 154 Å². The van der Waals surface area contributed by atoms with Crippen molar-refractivity contribution in [2.45, 2.75) is 93.9 Å². The summed E-state index contributed by atoms with van der Waals surface area (Å²) in [4.78, 5) is 0. The highest BCUT2D eigenvalue weighted by atomic mass is 19.4. The zero-order valence-electron chi connectivity index (χ0n) is 50.0. The van der Waals surface area contributed by atoms with E-state index in [0.717, 1.165) is 0 Å². The van der Waals surface area contributed by atoms with Crippen LogP contribution in [0.1, 0.15) is 20.8 Å². The van der Waals surface area contributed by atoms with Gasteiger partial charge in [-0.05, 0) is 20.8 Å². The van der Waals surface area contributed by atoms with Crippen molar-refractivity contribution in [3.8, 4) is 0 Å². The Bertz CT molecular complexity index is 1200. The summed E-state index contributed by atoms with van der Waals surface area (Å²) in [5.74, 6) is -5.42. The molecule has 56 heteroatoms. The zero-order chi connectivity index (χ0) is 82.3. The molecule has 0 unspecified atom stereocenters. The SMILES string of the molecule is CCF.CCF.CCF.CF.CF.CF.CF.CF.CF.CF.CF.CF.FCC(F)(F)OC(F)(F)C(F)(F)CF.FCC(F)(F)OC(F)(F)C(F)(F)OC(F)(F)CF.FCC(F)(F)OC(F)(F)C(F)(F)OC(F)(F)CF.FCOC(F)(F)CF.FCOCF.FCOCF. The number of hydrogen-bond acceptors (Lipinski definition) is 8. The molecule has 8 nitrogen and oxygen atoms in total. The molecule has 0 N–H and O–H groups in total. The molecule has 606 valence electrons. The maximum atomic E-state index is 12.4. The van der Waals surface area contributed by atoms with Crippen LogP contribution in [-0.2, 0) is 37.9 Å². The molecular formula is C39H66F48O8. The van der Waals surface area contributed by atoms with Crippen LogP contribution in [0.2, 0.25) is 0 Å². The van der Waals surface area contributed by atoms with E-state index in [1.54, 1.807) is 0 Å². The summed E-state index contributed by atoms with van der Waals surface area (Å²) in [6.45, 7) is -21.5. The largest absolute Gasteiger partial charge is 0.453 e. The van der Waals surface area contributed by atoms with E-state index in [9.17, 15) is 211 Å². The zero-order valence-corrected chi connectivity index (χ0v) is 50.0. The van der Waals surface area contributed by atoms with E-state index in [1.165, 1.54) is 20.8 Å². The lowest BCUT2D eigenvalue weighted by Crippen LogP contribution is -2.52. The van der Waals surface area contributed by atoms with Crippen LogP contribution < -0.4 is 0 Å². The summed E-state index contributed by atoms with van der Waals surface area (Å²) in [7, 11) is 4.50. The summed E-state index contributed by atoms with van der Waals surface area (Å²) >= 11 is 0. The molecule has 0 radical (unpaired) electrons. The van der Waals surface area contributed by atoms with Crippen molar-refractivity contribution < 1.29 is 249 Å². The third-order valence-corrected chi connectivity index (χ3v) is 4.17. The molecule has 0 aliphatic rings. The van der Waals surface area contributed by atoms with Gasteiger partial charge in [-0.1, -0.05) is 0 Å². The monoisotopic (exact) mass is 1570 g/mol. The first-order chi connectivity index (χ1) is 43.3. The van der Waals surface area contributed by atoms with Gasteiger partial charge in [0.05, 0.1) is 84.6 Å². The molecule has 0 aliphatic carbocycles. The lowest BCUT2D eigenvalue weighted by molar-refractivity contribution is -0.513. The maximum absolute atomic E-state index is 12.4. The first kappa shape index (κ1) is 139. The molecule has 0 atom stereocenters. The predicted molar refractivity (Wildman–Crippen MR) is 238 cm³/mol. The van der Waals surface area contributed by atoms with Gasteiger partial charge in [0, 0.05) is 0 Å². The number of halogens is 48. The Kier molecular flexibility index (Phi) is 126. The highest BCUT2D eigenvalue weighted by Crippen LogP contribution is 2.45. The minimum atomic E-state index is -6.30. The lowest BCUT2D eigenvalue weighted by Gasteiger charge is -2.29. The summed E-state index contributed by atoms with van der Waals surface area (Å²) < 4.78 is 557. The smallest absolute Gasteiger partial charge is 0.319 e. The molecule has 0 aliphatic heterocycles. The topological polar surface area (TPSA) is 73.8 Å². The summed E-state index contributed by atoms with van der Waals surface area (Å²) in [6, 6.07) is 0. The molecule has 0 aromatic carbocycles. The maximum Gasteiger partial charge on any atom is 0.453 e. The van der Waals surface area contributed by atoms with Gasteiger partial charge < -0.3 is 9.47 Å². The Hall–Kier alpha value is -3.68. The summed E-state index contributed by atoms with van der Waals surface area (Å²) in [6.07, 6.45) is -61.5. The molecule has 0 heterocycles. The van der Waals surface area contributed by atoms with Crippen molar-refractivity contribution in [3.63, 3.8) is 0 Å². The van der Waals surface area contributed by atoms with E-state index in [0.29, 0.717) is 64.6 Å². The quantitative estimate of drug-likeness (QED) is 0.0793. The molecule has 0 saturated carbocycles. The predicted octanol–water partition coefficient (Wildman–Crippen LogP) is 20.8. The average molecular weight is 1570 g/mol. The Morgan fingerprint density at radius 2 is 0.316 bits per heavy atom. The standard InChI is InChI=1S/2C6H4F10O2.C5H4F8O.C3H4F4O.2C2H4F2O.3C2H5F.9CH3F/c2*7-1-3(9,10)17-5(13,14)6(15,16)18-4(11,12)2-8;6-1-3(8,9)5(12,13)14-4(10,11)2-7;4-1-3(6,7)8-2-5;2*3-1-5-2-4;3*1-2-3;9*1-2/h2*1-2H2;1-2H2;1-2H2;2*1-2H2;3*2H2,1H3;9*1H3. The second-order valence-corrected chi connectivity index (χ2v) is 10.5. The first-order valence-corrected chi connectivity index (χ1v) is 21.0. The highest BCUT2D eigenvalue weighted by molar-refractivity contribution is 4.77. The van der Waals surface area contributed by atoms with Crippen LogP contribution in [0.15, 0.2) is 0 Å². The van der Waals surface area contributed by atoms with Crippen molar-refractivity contribution >= 4 is 0 Å². The Balaban J connectivity index is -0.0000000449. The fraction of sp³-hybridized carbons (Fsp3) is 1.00. The Morgan fingerprint density at radius 1 is 0.189 bits per heavy atom. The van der Waals surface area contributed by atoms with Crippen LogP contribution in [-0.4, -0.2) is 239 Å². The molecule has 0 spiro atoms. The molecule has 0 saturated heterocycles. The lowest BCUT2D eigenvalue weighted by atomic mass is 10.3. The second kappa shape index (κ2) is 86.4. The van der Waals surface area contributed by atoms with E-state index in [1.807, 2.05) is 0 Å². The third kappa shape index (κ3) is 104. The van der Waals surface area contributed by atoms with Gasteiger partial charge in [-0.2, -0.15) is 105 Å². The van der Waals surface area contributed by atoms with Crippen molar-refractivity contribution in [3.05, 3.63) is 0 Å². The third-order valence-electron chi connectivity index (χ3n) is 4.17. The number of ether oxygens (including phenoxy) is 8. The van der Waals surface area contributed by atoms with E-state index in [-0.39, 0.29) is 20.0 Å². The van der Waals surface area contributed by atoms with E-state index in [4.69, 9.17) is 0 Å². The van der Waals surface area contributed by atoms with Gasteiger partial charge >= 0.3 is 73.1 Å². The Morgan fingerprint density at radius 3 is 0.389 bits per heavy atom. The normalized spacial score (nSPS) is 10.9.